The number of halogens is 1. The second-order valence-corrected chi connectivity index (χ2v) is 5.41. The summed E-state index contributed by atoms with van der Waals surface area (Å²) in [4.78, 5) is 23.0. The highest BCUT2D eigenvalue weighted by molar-refractivity contribution is 6.12. The molecule has 2 N–H and O–H groups in total. The molecule has 1 aliphatic rings. The van der Waals surface area contributed by atoms with Gasteiger partial charge in [-0.05, 0) is 52.6 Å². The fourth-order valence-electron chi connectivity index (χ4n) is 2.64. The van der Waals surface area contributed by atoms with Crippen molar-refractivity contribution in [2.24, 2.45) is 0 Å². The van der Waals surface area contributed by atoms with Crippen molar-refractivity contribution in [1.82, 2.24) is 0 Å². The van der Waals surface area contributed by atoms with Crippen molar-refractivity contribution in [1.29, 1.82) is 0 Å². The van der Waals surface area contributed by atoms with E-state index >= 15 is 0 Å². The maximum atomic E-state index is 13.2. The van der Waals surface area contributed by atoms with Crippen molar-refractivity contribution in [2.45, 2.75) is 6.42 Å². The number of carbonyl (C=O) groups is 2. The molecule has 24 heavy (non-hydrogen) atoms. The van der Waals surface area contributed by atoms with E-state index in [4.69, 9.17) is 5.11 Å². The molecular weight excluding hydrogens is 311 g/mol. The summed E-state index contributed by atoms with van der Waals surface area (Å²) in [5.41, 5.74) is 2.46. The third kappa shape index (κ3) is 2.96. The molecule has 0 aliphatic heterocycles. The van der Waals surface area contributed by atoms with Gasteiger partial charge in [0.2, 0.25) is 5.78 Å². The van der Waals surface area contributed by atoms with Crippen LogP contribution in [0.15, 0.2) is 60.4 Å². The molecule has 1 aliphatic carbocycles. The largest absolute Gasteiger partial charge is 0.504 e. The van der Waals surface area contributed by atoms with Gasteiger partial charge in [0.1, 0.15) is 5.82 Å². The molecule has 0 bridgehead atoms. The summed E-state index contributed by atoms with van der Waals surface area (Å²) < 4.78 is 13.2. The van der Waals surface area contributed by atoms with E-state index in [0.717, 1.165) is 0 Å². The zero-order valence-electron chi connectivity index (χ0n) is 12.5. The van der Waals surface area contributed by atoms with Gasteiger partial charge in [-0.2, -0.15) is 0 Å². The number of rotatable bonds is 3. The molecule has 0 atom stereocenters. The van der Waals surface area contributed by atoms with E-state index in [2.05, 4.69) is 0 Å². The van der Waals surface area contributed by atoms with Crippen LogP contribution in [-0.4, -0.2) is 22.0 Å². The smallest absolute Gasteiger partial charge is 0.335 e. The van der Waals surface area contributed by atoms with Crippen LogP contribution in [0.2, 0.25) is 0 Å². The third-order valence-electron chi connectivity index (χ3n) is 3.84. The van der Waals surface area contributed by atoms with Crippen molar-refractivity contribution in [3.05, 3.63) is 82.9 Å². The van der Waals surface area contributed by atoms with E-state index in [1.165, 1.54) is 30.3 Å². The minimum absolute atomic E-state index is 0.0411. The zero-order chi connectivity index (χ0) is 17.3. The Bertz CT molecular complexity index is 892. The standard InChI is InChI=1S/C19H13FO4/c20-14-6-4-11(5-7-14)15-9-17(21)18(22)10-16(15)12-2-1-3-13(8-12)19(23)24/h1-8,10,22H,9H2,(H,23,24). The van der Waals surface area contributed by atoms with Crippen molar-refractivity contribution in [3.63, 3.8) is 0 Å². The quantitative estimate of drug-likeness (QED) is 0.899. The van der Waals surface area contributed by atoms with Gasteiger partial charge in [0, 0.05) is 6.42 Å². The van der Waals surface area contributed by atoms with Gasteiger partial charge in [-0.15, -0.1) is 0 Å². The Morgan fingerprint density at radius 2 is 1.75 bits per heavy atom. The predicted molar refractivity (Wildman–Crippen MR) is 87.0 cm³/mol. The van der Waals surface area contributed by atoms with Gasteiger partial charge >= 0.3 is 5.97 Å². The minimum atomic E-state index is -1.07. The molecule has 4 nitrogen and oxygen atoms in total. The van der Waals surface area contributed by atoms with Crippen molar-refractivity contribution in [3.8, 4) is 0 Å². The summed E-state index contributed by atoms with van der Waals surface area (Å²) in [6.07, 6.45) is 1.28. The first-order valence-corrected chi connectivity index (χ1v) is 7.22. The van der Waals surface area contributed by atoms with Crippen LogP contribution in [0.1, 0.15) is 27.9 Å². The highest BCUT2D eigenvalue weighted by Gasteiger charge is 2.23. The number of benzene rings is 2. The molecule has 0 unspecified atom stereocenters. The number of aliphatic hydroxyl groups excluding tert-OH is 1. The van der Waals surface area contributed by atoms with Crippen LogP contribution in [0.5, 0.6) is 0 Å². The molecule has 0 aromatic heterocycles. The lowest BCUT2D eigenvalue weighted by molar-refractivity contribution is -0.117. The lowest BCUT2D eigenvalue weighted by Crippen LogP contribution is -2.10. The Kier molecular flexibility index (Phi) is 4.00. The van der Waals surface area contributed by atoms with Gasteiger partial charge in [0.25, 0.3) is 0 Å². The van der Waals surface area contributed by atoms with E-state index in [1.54, 1.807) is 24.3 Å². The molecule has 2 aromatic carbocycles. The number of aliphatic hydroxyl groups is 1. The van der Waals surface area contributed by atoms with Gasteiger partial charge in [-0.3, -0.25) is 4.79 Å². The van der Waals surface area contributed by atoms with Gasteiger partial charge < -0.3 is 10.2 Å². The van der Waals surface area contributed by atoms with E-state index in [1.807, 2.05) is 0 Å². The summed E-state index contributed by atoms with van der Waals surface area (Å²) in [7, 11) is 0. The van der Waals surface area contributed by atoms with Crippen LogP contribution < -0.4 is 0 Å². The summed E-state index contributed by atoms with van der Waals surface area (Å²) in [6, 6.07) is 11.9. The predicted octanol–water partition coefficient (Wildman–Crippen LogP) is 3.85. The molecule has 5 heteroatoms. The van der Waals surface area contributed by atoms with E-state index in [9.17, 15) is 19.1 Å². The van der Waals surface area contributed by atoms with Crippen LogP contribution >= 0.6 is 0 Å². The number of aromatic carboxylic acids is 1. The lowest BCUT2D eigenvalue weighted by atomic mass is 9.86. The fraction of sp³-hybridized carbons (Fsp3) is 0.0526. The number of carbonyl (C=O) groups excluding carboxylic acids is 1. The Morgan fingerprint density at radius 3 is 2.42 bits per heavy atom. The van der Waals surface area contributed by atoms with Crippen LogP contribution in [0.25, 0.3) is 11.1 Å². The molecule has 0 heterocycles. The van der Waals surface area contributed by atoms with Gasteiger partial charge in [0.15, 0.2) is 5.76 Å². The molecular formula is C19H13FO4. The Balaban J connectivity index is 2.20. The molecule has 3 rings (SSSR count). The van der Waals surface area contributed by atoms with E-state index < -0.39 is 17.6 Å². The number of carboxylic acid groups (broad SMARTS) is 1. The Hall–Kier alpha value is -3.21. The second-order valence-electron chi connectivity index (χ2n) is 5.41. The highest BCUT2D eigenvalue weighted by Crippen LogP contribution is 2.35. The average molecular weight is 324 g/mol. The number of hydrogen-bond acceptors (Lipinski definition) is 3. The minimum Gasteiger partial charge on any atom is -0.504 e. The summed E-state index contributed by atoms with van der Waals surface area (Å²) in [6.45, 7) is 0. The first-order chi connectivity index (χ1) is 11.5. The lowest BCUT2D eigenvalue weighted by Gasteiger charge is -2.18. The molecule has 0 fully saturated rings. The molecule has 2 aromatic rings. The second kappa shape index (κ2) is 6.12. The fourth-order valence-corrected chi connectivity index (χ4v) is 2.64. The molecule has 120 valence electrons. The highest BCUT2D eigenvalue weighted by atomic mass is 19.1. The summed E-state index contributed by atoms with van der Waals surface area (Å²) >= 11 is 0. The van der Waals surface area contributed by atoms with Crippen LogP contribution in [0.4, 0.5) is 4.39 Å². The monoisotopic (exact) mass is 324 g/mol. The number of ketones is 1. The van der Waals surface area contributed by atoms with Gasteiger partial charge in [-0.1, -0.05) is 24.3 Å². The molecule has 0 saturated heterocycles. The molecule has 0 spiro atoms. The number of hydrogen-bond donors (Lipinski definition) is 2. The van der Waals surface area contributed by atoms with E-state index in [0.29, 0.717) is 22.3 Å². The third-order valence-corrected chi connectivity index (χ3v) is 3.84. The molecule has 0 amide bonds. The zero-order valence-corrected chi connectivity index (χ0v) is 12.5. The van der Waals surface area contributed by atoms with E-state index in [-0.39, 0.29) is 17.7 Å². The normalized spacial score (nSPS) is 14.5. The van der Waals surface area contributed by atoms with Crippen molar-refractivity contribution in [2.75, 3.05) is 0 Å². The first-order valence-electron chi connectivity index (χ1n) is 7.22. The maximum absolute atomic E-state index is 13.2. The number of allylic oxidation sites excluding steroid dienone is 4. The van der Waals surface area contributed by atoms with Crippen LogP contribution in [0.3, 0.4) is 0 Å². The summed E-state index contributed by atoms with van der Waals surface area (Å²) in [5.74, 6) is -2.28. The number of carboxylic acids is 1. The molecule has 0 radical (unpaired) electrons. The van der Waals surface area contributed by atoms with Gasteiger partial charge in [0.05, 0.1) is 5.56 Å². The van der Waals surface area contributed by atoms with Crippen LogP contribution in [-0.2, 0) is 4.79 Å². The molecule has 0 saturated carbocycles. The number of Topliss-reactive ketones (excluding diaryl/α,β-unsaturated/α-hetero) is 1. The topological polar surface area (TPSA) is 74.6 Å². The van der Waals surface area contributed by atoms with Gasteiger partial charge in [-0.25, -0.2) is 9.18 Å². The van der Waals surface area contributed by atoms with Crippen molar-refractivity contribution < 1.29 is 24.2 Å². The Labute approximate surface area is 137 Å². The average Bonchev–Trinajstić information content (AvgIpc) is 2.58. The SMILES string of the molecule is O=C1CC(c2ccc(F)cc2)=C(c2cccc(C(=O)O)c2)C=C1O. The maximum Gasteiger partial charge on any atom is 0.335 e. The van der Waals surface area contributed by atoms with Crippen LogP contribution in [0, 0.1) is 5.82 Å². The summed E-state index contributed by atoms with van der Waals surface area (Å²) in [5, 5.41) is 18.9. The van der Waals surface area contributed by atoms with Crippen molar-refractivity contribution >= 4 is 22.9 Å². The Morgan fingerprint density at radius 1 is 1.04 bits per heavy atom. The first kappa shape index (κ1) is 15.7.